The highest BCUT2D eigenvalue weighted by Crippen LogP contribution is 2.36. The zero-order valence-electron chi connectivity index (χ0n) is 26.8. The predicted octanol–water partition coefficient (Wildman–Crippen LogP) is 3.04. The first-order valence-electron chi connectivity index (χ1n) is 13.7. The quantitative estimate of drug-likeness (QED) is 0.176. The molecule has 39 heavy (non-hydrogen) atoms. The van der Waals surface area contributed by atoms with Crippen molar-refractivity contribution in [1.29, 1.82) is 0 Å². The highest BCUT2D eigenvalue weighted by atomic mass is 79.9. The lowest BCUT2D eigenvalue weighted by Crippen LogP contribution is -3.20. The molecule has 0 aliphatic carbocycles. The monoisotopic (exact) mass is 690 g/mol. The number of hydroxylamine groups is 6. The summed E-state index contributed by atoms with van der Waals surface area (Å²) in [5, 5.41) is 46.1. The molecule has 3 rings (SSSR count). The van der Waals surface area contributed by atoms with Crippen molar-refractivity contribution in [1.82, 2.24) is 0 Å². The third-order valence-electron chi connectivity index (χ3n) is 10.4. The minimum absolute atomic E-state index is 0. The van der Waals surface area contributed by atoms with Crippen LogP contribution < -0.4 is 15.2 Å². The Labute approximate surface area is 255 Å². The molecule has 3 saturated heterocycles. The fourth-order valence-electron chi connectivity index (χ4n) is 6.85. The van der Waals surface area contributed by atoms with E-state index in [9.17, 15) is 25.7 Å². The predicted molar refractivity (Wildman–Crippen MR) is 164 cm³/mol. The number of halogens is 2. The van der Waals surface area contributed by atoms with Crippen molar-refractivity contribution >= 4 is 32.9 Å². The summed E-state index contributed by atoms with van der Waals surface area (Å²) >= 11 is 3.62. The smallest absolute Gasteiger partial charge is 0.295 e. The van der Waals surface area contributed by atoms with Gasteiger partial charge in [0.05, 0.1) is 27.0 Å². The largest absolute Gasteiger partial charge is 0.634 e. The van der Waals surface area contributed by atoms with Gasteiger partial charge in [0.15, 0.2) is 6.10 Å². The van der Waals surface area contributed by atoms with E-state index in [1.807, 2.05) is 48.5 Å². The summed E-state index contributed by atoms with van der Waals surface area (Å²) in [6, 6.07) is 0. The van der Waals surface area contributed by atoms with Crippen LogP contribution in [0.4, 0.5) is 0 Å². The highest BCUT2D eigenvalue weighted by Gasteiger charge is 2.59. The van der Waals surface area contributed by atoms with Crippen LogP contribution in [-0.4, -0.2) is 49.3 Å². The molecule has 3 aliphatic heterocycles. The van der Waals surface area contributed by atoms with Crippen LogP contribution in [0.5, 0.6) is 0 Å². The first-order valence-corrected chi connectivity index (χ1v) is 14.6. The third kappa shape index (κ3) is 7.12. The molecule has 3 fully saturated rings. The van der Waals surface area contributed by atoms with Gasteiger partial charge < -0.3 is 35.6 Å². The average Bonchev–Trinajstić information content (AvgIpc) is 3.03. The van der Waals surface area contributed by atoms with Crippen LogP contribution in [0.3, 0.4) is 0 Å². The number of nitrogens with one attached hydrogen (secondary N) is 3. The second kappa shape index (κ2) is 12.3. The third-order valence-corrected chi connectivity index (χ3v) is 12.3. The zero-order valence-corrected chi connectivity index (χ0v) is 30.1. The maximum Gasteiger partial charge on any atom is 0.295 e. The van der Waals surface area contributed by atoms with Gasteiger partial charge in [-0.25, -0.2) is 0 Å². The summed E-state index contributed by atoms with van der Waals surface area (Å²) in [5.74, 6) is 0.787. The molecule has 3 N–H and O–H groups in total. The van der Waals surface area contributed by atoms with Crippen molar-refractivity contribution in [3.63, 3.8) is 0 Å². The van der Waals surface area contributed by atoms with Gasteiger partial charge in [-0.05, 0) is 83.1 Å². The van der Waals surface area contributed by atoms with Gasteiger partial charge in [-0.3, -0.25) is 0 Å². The summed E-state index contributed by atoms with van der Waals surface area (Å²) < 4.78 is 0. The van der Waals surface area contributed by atoms with Gasteiger partial charge in [-0.2, -0.15) is 0 Å². The van der Waals surface area contributed by atoms with Gasteiger partial charge in [0, 0.05) is 24.2 Å². The molecule has 0 aromatic heterocycles. The van der Waals surface area contributed by atoms with E-state index in [2.05, 4.69) is 62.3 Å². The molecule has 3 heterocycles. The summed E-state index contributed by atoms with van der Waals surface area (Å²) in [6.45, 7) is 29.6. The first kappa shape index (κ1) is 38.9. The van der Waals surface area contributed by atoms with E-state index in [0.29, 0.717) is 26.8 Å². The van der Waals surface area contributed by atoms with Crippen molar-refractivity contribution in [2.75, 3.05) is 0 Å². The molecule has 8 atom stereocenters. The Morgan fingerprint density at radius 2 is 1.08 bits per heavy atom. The molecular weight excluding hydrogens is 636 g/mol. The van der Waals surface area contributed by atoms with Crippen LogP contribution >= 0.6 is 32.9 Å². The molecule has 3 aliphatic rings. The Balaban J connectivity index is 0.000000556. The van der Waals surface area contributed by atoms with E-state index >= 15 is 0 Å². The van der Waals surface area contributed by atoms with E-state index in [1.54, 1.807) is 13.8 Å². The number of hydrogen-bond acceptors (Lipinski definition) is 6. The standard InChI is InChI=1S/C9H18BrNO.C9H18N2O4.C9H19NO.BrH/c1-6-7(10)9(4,5)11(12)8(6,2)3;1-6-7(15-11(13)14)9(4,5)10(12)8(6,2)3;1-7-6-8(2,3)10(11)9(7,4)5;/h6-7,11H,1-5H3;6-7,10H,1-5H3;7,10H,6H2,1-5H3;1H. The van der Waals surface area contributed by atoms with Gasteiger partial charge in [-0.1, -0.05) is 36.7 Å². The van der Waals surface area contributed by atoms with Gasteiger partial charge >= 0.3 is 0 Å². The molecule has 10 nitrogen and oxygen atoms in total. The van der Waals surface area contributed by atoms with Crippen molar-refractivity contribution in [3.05, 3.63) is 25.7 Å². The lowest BCUT2D eigenvalue weighted by Gasteiger charge is -2.41. The number of quaternary nitrogens is 3. The van der Waals surface area contributed by atoms with E-state index in [-0.39, 0.29) is 50.1 Å². The summed E-state index contributed by atoms with van der Waals surface area (Å²) in [5.41, 5.74) is -1.91. The molecule has 0 aromatic rings. The molecule has 0 amide bonds. The van der Waals surface area contributed by atoms with Gasteiger partial charge in [0.2, 0.25) is 0 Å². The fraction of sp³-hybridized carbons (Fsp3) is 1.00. The zero-order chi connectivity index (χ0) is 30.6. The summed E-state index contributed by atoms with van der Waals surface area (Å²) in [7, 11) is 0. The molecular formula is C27H56Br2N4O6. The van der Waals surface area contributed by atoms with Crippen LogP contribution in [0.1, 0.15) is 110 Å². The average molecular weight is 693 g/mol. The number of hydrogen-bond donors (Lipinski definition) is 3. The van der Waals surface area contributed by atoms with Gasteiger partial charge in [0.25, 0.3) is 5.09 Å². The van der Waals surface area contributed by atoms with Crippen LogP contribution in [0, 0.1) is 43.5 Å². The molecule has 0 radical (unpaired) electrons. The van der Waals surface area contributed by atoms with E-state index in [4.69, 9.17) is 0 Å². The summed E-state index contributed by atoms with van der Waals surface area (Å²) in [6.07, 6.45) is 0.383. The van der Waals surface area contributed by atoms with Crippen molar-refractivity contribution in [2.24, 2.45) is 17.8 Å². The molecule has 0 aromatic carbocycles. The second-order valence-electron chi connectivity index (χ2n) is 15.3. The normalized spacial score (nSPS) is 39.8. The maximum absolute atomic E-state index is 12.0. The highest BCUT2D eigenvalue weighted by molar-refractivity contribution is 9.09. The lowest BCUT2D eigenvalue weighted by molar-refractivity contribution is -0.940. The Bertz CT molecular complexity index is 832. The SMILES string of the molecule is Br.CC1C(Br)C(C)(C)[NH+]([O-])C1(C)C.CC1C(O[N+](=O)[O-])C(C)(C)[NH+]([O-])C1(C)C.CC1CC(C)(C)[NH+]([O-])C1(C)C. The van der Waals surface area contributed by atoms with Crippen molar-refractivity contribution < 1.29 is 25.1 Å². The van der Waals surface area contributed by atoms with Crippen LogP contribution in [-0.2, 0) is 4.84 Å². The molecule has 0 spiro atoms. The summed E-state index contributed by atoms with van der Waals surface area (Å²) in [4.78, 5) is 15.3. The minimum atomic E-state index is -0.808. The van der Waals surface area contributed by atoms with Crippen LogP contribution in [0.2, 0.25) is 0 Å². The Kier molecular flexibility index (Phi) is 12.2. The fourth-order valence-corrected chi connectivity index (χ4v) is 7.72. The van der Waals surface area contributed by atoms with E-state index < -0.39 is 22.3 Å². The number of alkyl halides is 1. The lowest BCUT2D eigenvalue weighted by atomic mass is 9.86. The van der Waals surface area contributed by atoms with E-state index in [0.717, 1.165) is 6.42 Å². The molecule has 0 saturated carbocycles. The maximum atomic E-state index is 12.0. The van der Waals surface area contributed by atoms with Crippen molar-refractivity contribution in [2.45, 2.75) is 154 Å². The van der Waals surface area contributed by atoms with Crippen LogP contribution in [0.15, 0.2) is 0 Å². The Morgan fingerprint density at radius 3 is 1.23 bits per heavy atom. The molecule has 12 heteroatoms. The Morgan fingerprint density at radius 1 is 0.692 bits per heavy atom. The minimum Gasteiger partial charge on any atom is -0.634 e. The molecule has 0 bridgehead atoms. The number of nitrogens with zero attached hydrogens (tertiary/aromatic N) is 1. The Hall–Kier alpha value is -0.0800. The topological polar surface area (TPSA) is 135 Å². The molecule has 234 valence electrons. The number of rotatable bonds is 2. The first-order chi connectivity index (χ1) is 16.6. The van der Waals surface area contributed by atoms with Gasteiger partial charge in [-0.15, -0.1) is 27.1 Å². The molecule has 8 unspecified atom stereocenters. The van der Waals surface area contributed by atoms with Crippen LogP contribution in [0.25, 0.3) is 0 Å². The van der Waals surface area contributed by atoms with E-state index in [1.165, 1.54) is 0 Å². The van der Waals surface area contributed by atoms with Gasteiger partial charge in [0.1, 0.15) is 11.1 Å². The second-order valence-corrected chi connectivity index (χ2v) is 16.3. The van der Waals surface area contributed by atoms with Crippen molar-refractivity contribution in [3.8, 4) is 0 Å².